The summed E-state index contributed by atoms with van der Waals surface area (Å²) in [6.07, 6.45) is -0.0235. The molecule has 164 valence electrons. The van der Waals surface area contributed by atoms with Crippen LogP contribution < -0.4 is 10.6 Å². The fraction of sp³-hybridized carbons (Fsp3) is 0.333. The van der Waals surface area contributed by atoms with Gasteiger partial charge < -0.3 is 10.4 Å². The fourth-order valence-electron chi connectivity index (χ4n) is 5.48. The van der Waals surface area contributed by atoms with Gasteiger partial charge in [-0.15, -0.1) is 0 Å². The molecule has 3 aliphatic rings. The van der Waals surface area contributed by atoms with Crippen LogP contribution in [0.15, 0.2) is 48.5 Å². The molecule has 32 heavy (non-hydrogen) atoms. The molecule has 3 N–H and O–H groups in total. The summed E-state index contributed by atoms with van der Waals surface area (Å²) in [5.41, 5.74) is 1.55. The number of para-hydroxylation sites is 1. The van der Waals surface area contributed by atoms with Gasteiger partial charge >= 0.3 is 5.97 Å². The van der Waals surface area contributed by atoms with E-state index in [0.717, 1.165) is 11.1 Å². The topological polar surface area (TPSA) is 116 Å². The minimum atomic E-state index is -1.40. The Kier molecular flexibility index (Phi) is 4.63. The highest BCUT2D eigenvalue weighted by Crippen LogP contribution is 2.54. The number of aliphatic carboxylic acids is 1. The molecule has 0 aliphatic carbocycles. The maximum atomic E-state index is 13.7. The highest BCUT2D eigenvalue weighted by molar-refractivity contribution is 6.15. The number of anilines is 1. The average molecular weight is 433 g/mol. The van der Waals surface area contributed by atoms with E-state index in [1.165, 1.54) is 4.90 Å². The van der Waals surface area contributed by atoms with Crippen molar-refractivity contribution in [1.82, 2.24) is 10.2 Å². The zero-order valence-corrected chi connectivity index (χ0v) is 17.5. The second-order valence-electron chi connectivity index (χ2n) is 8.69. The molecule has 0 radical (unpaired) electrons. The zero-order valence-electron chi connectivity index (χ0n) is 17.5. The molecule has 1 spiro atoms. The van der Waals surface area contributed by atoms with Crippen molar-refractivity contribution in [2.24, 2.45) is 11.8 Å². The molecule has 2 aromatic carbocycles. The van der Waals surface area contributed by atoms with Crippen LogP contribution in [0.5, 0.6) is 0 Å². The van der Waals surface area contributed by atoms with E-state index in [2.05, 4.69) is 10.6 Å². The number of nitrogens with zero attached hydrogens (tertiary/aromatic N) is 1. The Morgan fingerprint density at radius 2 is 1.81 bits per heavy atom. The summed E-state index contributed by atoms with van der Waals surface area (Å²) in [5, 5.41) is 15.4. The van der Waals surface area contributed by atoms with Crippen LogP contribution in [0.1, 0.15) is 29.5 Å². The molecule has 3 heterocycles. The van der Waals surface area contributed by atoms with Gasteiger partial charge in [-0.25, -0.2) is 0 Å². The van der Waals surface area contributed by atoms with Gasteiger partial charge in [0.25, 0.3) is 0 Å². The van der Waals surface area contributed by atoms with Gasteiger partial charge in [-0.05, 0) is 24.5 Å². The van der Waals surface area contributed by atoms with E-state index in [0.29, 0.717) is 11.3 Å². The first-order valence-electron chi connectivity index (χ1n) is 10.6. The lowest BCUT2D eigenvalue weighted by molar-refractivity contribution is -0.144. The van der Waals surface area contributed by atoms with Gasteiger partial charge in [0.15, 0.2) is 0 Å². The molecule has 2 unspecified atom stereocenters. The smallest absolute Gasteiger partial charge is 0.303 e. The average Bonchev–Trinajstić information content (AvgIpc) is 3.35. The highest BCUT2D eigenvalue weighted by atomic mass is 16.4. The predicted molar refractivity (Wildman–Crippen MR) is 114 cm³/mol. The largest absolute Gasteiger partial charge is 0.481 e. The third kappa shape index (κ3) is 2.79. The summed E-state index contributed by atoms with van der Waals surface area (Å²) in [4.78, 5) is 53.0. The first-order valence-corrected chi connectivity index (χ1v) is 10.6. The Bertz CT molecular complexity index is 1150. The number of rotatable bonds is 5. The van der Waals surface area contributed by atoms with Gasteiger partial charge in [0, 0.05) is 23.7 Å². The Balaban J connectivity index is 1.60. The molecule has 3 amide bonds. The minimum Gasteiger partial charge on any atom is -0.481 e. The van der Waals surface area contributed by atoms with E-state index in [-0.39, 0.29) is 31.2 Å². The maximum absolute atomic E-state index is 13.7. The number of carbonyl (C=O) groups is 4. The van der Waals surface area contributed by atoms with Crippen LogP contribution in [0.3, 0.4) is 0 Å². The van der Waals surface area contributed by atoms with Crippen LogP contribution in [0.2, 0.25) is 0 Å². The highest BCUT2D eigenvalue weighted by Gasteiger charge is 2.70. The molecule has 0 saturated carbocycles. The van der Waals surface area contributed by atoms with Crippen LogP contribution >= 0.6 is 0 Å². The number of imide groups is 1. The second kappa shape index (κ2) is 7.27. The number of aryl methyl sites for hydroxylation is 1. The Labute approximate surface area is 184 Å². The monoisotopic (exact) mass is 433 g/mol. The van der Waals surface area contributed by atoms with Gasteiger partial charge in [0.05, 0.1) is 18.4 Å². The third-order valence-electron chi connectivity index (χ3n) is 6.90. The molecular weight excluding hydrogens is 410 g/mol. The molecule has 8 heteroatoms. The lowest BCUT2D eigenvalue weighted by atomic mass is 9.76. The van der Waals surface area contributed by atoms with Crippen molar-refractivity contribution in [3.05, 3.63) is 65.2 Å². The van der Waals surface area contributed by atoms with E-state index in [1.54, 1.807) is 6.07 Å². The Morgan fingerprint density at radius 1 is 1.06 bits per heavy atom. The lowest BCUT2D eigenvalue weighted by Gasteiger charge is -2.29. The standard InChI is InChI=1S/C24H23N3O5/c1-13-6-5-9-15-20(13)25-23(32)24(15)19-18(16(26-24)10-11-17(28)29)21(30)27(22(19)31)12-14-7-3-2-4-8-14/h2-9,16,18-19,26H,10-12H2,1H3,(H,25,32)(H,28,29)/t16?,18-,19+,24?/m1/s1. The van der Waals surface area contributed by atoms with Gasteiger partial charge in [-0.2, -0.15) is 0 Å². The number of nitrogens with one attached hydrogen (secondary N) is 2. The van der Waals surface area contributed by atoms with Crippen LogP contribution in [-0.2, 0) is 31.3 Å². The fourth-order valence-corrected chi connectivity index (χ4v) is 5.48. The van der Waals surface area contributed by atoms with E-state index in [1.807, 2.05) is 49.4 Å². The van der Waals surface area contributed by atoms with Crippen molar-refractivity contribution in [3.8, 4) is 0 Å². The summed E-state index contributed by atoms with van der Waals surface area (Å²) in [7, 11) is 0. The molecule has 3 aliphatic heterocycles. The summed E-state index contributed by atoms with van der Waals surface area (Å²) in [5.74, 6) is -3.87. The molecule has 2 aromatic rings. The van der Waals surface area contributed by atoms with E-state index < -0.39 is 35.3 Å². The first kappa shape index (κ1) is 20.4. The SMILES string of the molecule is Cc1cccc2c1NC(=O)C21NC(CCC(=O)O)[C@H]2C(=O)N(Cc3ccccc3)C(=O)[C@H]21. The van der Waals surface area contributed by atoms with Gasteiger partial charge in [-0.3, -0.25) is 29.4 Å². The quantitative estimate of drug-likeness (QED) is 0.619. The number of likely N-dealkylation sites (tertiary alicyclic amines) is 1. The minimum absolute atomic E-state index is 0.121. The first-order chi connectivity index (χ1) is 15.3. The number of hydrogen-bond acceptors (Lipinski definition) is 5. The number of carbonyl (C=O) groups excluding carboxylic acids is 3. The second-order valence-corrected chi connectivity index (χ2v) is 8.69. The molecule has 2 saturated heterocycles. The van der Waals surface area contributed by atoms with Crippen LogP contribution in [0, 0.1) is 18.8 Å². The Hall–Kier alpha value is -3.52. The summed E-state index contributed by atoms with van der Waals surface area (Å²) < 4.78 is 0. The van der Waals surface area contributed by atoms with Crippen molar-refractivity contribution >= 4 is 29.4 Å². The Morgan fingerprint density at radius 3 is 2.53 bits per heavy atom. The molecule has 4 atom stereocenters. The number of amides is 3. The normalized spacial score (nSPS) is 28.2. The van der Waals surface area contributed by atoms with E-state index in [9.17, 15) is 24.3 Å². The lowest BCUT2D eigenvalue weighted by Crippen LogP contribution is -2.53. The number of benzene rings is 2. The van der Waals surface area contributed by atoms with Crippen molar-refractivity contribution in [1.29, 1.82) is 0 Å². The zero-order chi connectivity index (χ0) is 22.6. The molecule has 0 aromatic heterocycles. The van der Waals surface area contributed by atoms with Crippen molar-refractivity contribution in [2.75, 3.05) is 5.32 Å². The molecule has 2 fully saturated rings. The summed E-state index contributed by atoms with van der Waals surface area (Å²) in [6.45, 7) is 1.99. The summed E-state index contributed by atoms with van der Waals surface area (Å²) >= 11 is 0. The van der Waals surface area contributed by atoms with Gasteiger partial charge in [0.2, 0.25) is 17.7 Å². The molecule has 0 bridgehead atoms. The summed E-state index contributed by atoms with van der Waals surface area (Å²) in [6, 6.07) is 14.1. The van der Waals surface area contributed by atoms with Crippen molar-refractivity contribution < 1.29 is 24.3 Å². The van der Waals surface area contributed by atoms with Crippen LogP contribution in [0.4, 0.5) is 5.69 Å². The van der Waals surface area contributed by atoms with Crippen LogP contribution in [0.25, 0.3) is 0 Å². The van der Waals surface area contributed by atoms with E-state index >= 15 is 0 Å². The van der Waals surface area contributed by atoms with Crippen LogP contribution in [-0.4, -0.2) is 39.7 Å². The molecule has 5 rings (SSSR count). The third-order valence-corrected chi connectivity index (χ3v) is 6.90. The predicted octanol–water partition coefficient (Wildman–Crippen LogP) is 1.78. The van der Waals surface area contributed by atoms with E-state index in [4.69, 9.17) is 0 Å². The maximum Gasteiger partial charge on any atom is 0.303 e. The van der Waals surface area contributed by atoms with Gasteiger partial charge in [0.1, 0.15) is 5.54 Å². The number of carboxylic acid groups (broad SMARTS) is 1. The number of fused-ring (bicyclic) bond motifs is 4. The number of hydrogen-bond donors (Lipinski definition) is 3. The number of carboxylic acids is 1. The van der Waals surface area contributed by atoms with Crippen molar-refractivity contribution in [3.63, 3.8) is 0 Å². The molecule has 8 nitrogen and oxygen atoms in total. The van der Waals surface area contributed by atoms with Crippen molar-refractivity contribution in [2.45, 2.75) is 37.9 Å². The molecular formula is C24H23N3O5. The van der Waals surface area contributed by atoms with Gasteiger partial charge in [-0.1, -0.05) is 48.5 Å².